The largest absolute Gasteiger partial charge is 0.496 e. The van der Waals surface area contributed by atoms with Crippen molar-refractivity contribution in [1.29, 1.82) is 0 Å². The highest BCUT2D eigenvalue weighted by Crippen LogP contribution is 2.30. The van der Waals surface area contributed by atoms with Crippen molar-refractivity contribution in [2.45, 2.75) is 62.4 Å². The van der Waals surface area contributed by atoms with E-state index in [4.69, 9.17) is 10.5 Å². The molecule has 1 saturated carbocycles. The van der Waals surface area contributed by atoms with Crippen LogP contribution in [0.5, 0.6) is 5.75 Å². The molecule has 0 aromatic heterocycles. The third-order valence-corrected chi connectivity index (χ3v) is 7.72. The number of amides is 1. The molecule has 156 valence electrons. The fourth-order valence-corrected chi connectivity index (χ4v) is 5.32. The Kier molecular flexibility index (Phi) is 6.50. The zero-order valence-electron chi connectivity index (χ0n) is 16.7. The van der Waals surface area contributed by atoms with Crippen molar-refractivity contribution >= 4 is 21.4 Å². The fourth-order valence-electron chi connectivity index (χ4n) is 4.29. The van der Waals surface area contributed by atoms with Gasteiger partial charge in [-0.1, -0.05) is 26.2 Å². The molecule has 1 unspecified atom stereocenters. The molecular formula is C20H31N3O4S. The van der Waals surface area contributed by atoms with Crippen LogP contribution in [0, 0.1) is 0 Å². The fraction of sp³-hybridized carbons (Fsp3) is 0.650. The van der Waals surface area contributed by atoms with E-state index in [9.17, 15) is 13.2 Å². The summed E-state index contributed by atoms with van der Waals surface area (Å²) in [4.78, 5) is 15.4. The average molecular weight is 410 g/mol. The first-order chi connectivity index (χ1) is 13.4. The highest BCUT2D eigenvalue weighted by atomic mass is 32.2. The predicted octanol–water partition coefficient (Wildman–Crippen LogP) is 2.21. The normalized spacial score (nSPS) is 21.6. The second kappa shape index (κ2) is 8.69. The number of rotatable bonds is 6. The number of nitrogen functional groups attached to an aromatic ring is 1. The summed E-state index contributed by atoms with van der Waals surface area (Å²) in [6.45, 7) is 3.38. The van der Waals surface area contributed by atoms with Gasteiger partial charge in [-0.15, -0.1) is 0 Å². The van der Waals surface area contributed by atoms with Gasteiger partial charge < -0.3 is 15.8 Å². The lowest BCUT2D eigenvalue weighted by atomic mass is 9.94. The van der Waals surface area contributed by atoms with Crippen LogP contribution < -0.4 is 15.8 Å². The molecule has 1 aromatic carbocycles. The number of benzene rings is 1. The molecule has 1 atom stereocenters. The van der Waals surface area contributed by atoms with E-state index in [1.165, 1.54) is 51.3 Å². The Morgan fingerprint density at radius 2 is 1.96 bits per heavy atom. The first kappa shape index (κ1) is 20.9. The maximum atomic E-state index is 12.9. The van der Waals surface area contributed by atoms with Crippen molar-refractivity contribution in [1.82, 2.24) is 10.2 Å². The monoisotopic (exact) mass is 409 g/mol. The van der Waals surface area contributed by atoms with E-state index in [1.807, 2.05) is 0 Å². The number of nitrogens with one attached hydrogen (secondary N) is 1. The van der Waals surface area contributed by atoms with Crippen LogP contribution >= 0.6 is 0 Å². The number of carbonyl (C=O) groups excluding carboxylic acids is 1. The van der Waals surface area contributed by atoms with Gasteiger partial charge in [0, 0.05) is 31.2 Å². The van der Waals surface area contributed by atoms with Crippen LogP contribution in [-0.4, -0.2) is 57.3 Å². The molecule has 1 aromatic rings. The minimum absolute atomic E-state index is 0.0174. The van der Waals surface area contributed by atoms with Crippen molar-refractivity contribution in [3.8, 4) is 5.75 Å². The van der Waals surface area contributed by atoms with Gasteiger partial charge >= 0.3 is 0 Å². The molecule has 1 aliphatic heterocycles. The molecule has 0 radical (unpaired) electrons. The van der Waals surface area contributed by atoms with Gasteiger partial charge in [0.1, 0.15) is 5.75 Å². The Balaban J connectivity index is 1.74. The lowest BCUT2D eigenvalue weighted by Gasteiger charge is -2.31. The number of hydrogen-bond acceptors (Lipinski definition) is 6. The minimum Gasteiger partial charge on any atom is -0.496 e. The van der Waals surface area contributed by atoms with Crippen LogP contribution in [0.1, 0.15) is 55.8 Å². The van der Waals surface area contributed by atoms with Crippen molar-refractivity contribution in [3.05, 3.63) is 17.7 Å². The van der Waals surface area contributed by atoms with Crippen LogP contribution in [0.25, 0.3) is 0 Å². The van der Waals surface area contributed by atoms with E-state index in [2.05, 4.69) is 10.2 Å². The molecule has 3 N–H and O–H groups in total. The summed E-state index contributed by atoms with van der Waals surface area (Å²) in [6.07, 6.45) is 7.28. The lowest BCUT2D eigenvalue weighted by molar-refractivity contribution is 0.0931. The molecule has 1 saturated heterocycles. The van der Waals surface area contributed by atoms with Gasteiger partial charge in [-0.25, -0.2) is 8.42 Å². The highest BCUT2D eigenvalue weighted by molar-refractivity contribution is 7.91. The van der Waals surface area contributed by atoms with Crippen LogP contribution in [0.2, 0.25) is 0 Å². The molecule has 3 rings (SSSR count). The van der Waals surface area contributed by atoms with Crippen LogP contribution in [-0.2, 0) is 9.84 Å². The molecule has 0 spiro atoms. The molecule has 8 heteroatoms. The van der Waals surface area contributed by atoms with Crippen molar-refractivity contribution < 1.29 is 17.9 Å². The van der Waals surface area contributed by atoms with Crippen molar-refractivity contribution in [2.24, 2.45) is 0 Å². The SMILES string of the molecule is CCS(=O)(=O)c1cc(C(=O)NC2CCN(C3CCCCC3)C2)c(OC)cc1N. The quantitative estimate of drug-likeness (QED) is 0.699. The molecule has 1 aliphatic carbocycles. The second-order valence-corrected chi connectivity index (χ2v) is 9.99. The van der Waals surface area contributed by atoms with Gasteiger partial charge in [0.05, 0.1) is 29.0 Å². The first-order valence-corrected chi connectivity index (χ1v) is 11.8. The summed E-state index contributed by atoms with van der Waals surface area (Å²) >= 11 is 0. The second-order valence-electron chi connectivity index (χ2n) is 7.74. The number of hydrogen-bond donors (Lipinski definition) is 2. The van der Waals surface area contributed by atoms with Gasteiger partial charge in [-0.2, -0.15) is 0 Å². The zero-order chi connectivity index (χ0) is 20.3. The Labute approximate surface area is 167 Å². The van der Waals surface area contributed by atoms with Crippen LogP contribution in [0.15, 0.2) is 17.0 Å². The number of carbonyl (C=O) groups is 1. The molecule has 2 fully saturated rings. The third kappa shape index (κ3) is 4.43. The topological polar surface area (TPSA) is 102 Å². The van der Waals surface area contributed by atoms with E-state index in [1.54, 1.807) is 6.92 Å². The summed E-state index contributed by atoms with van der Waals surface area (Å²) in [6, 6.07) is 3.45. The number of sulfone groups is 1. The molecule has 1 heterocycles. The smallest absolute Gasteiger partial charge is 0.255 e. The van der Waals surface area contributed by atoms with E-state index in [0.717, 1.165) is 19.5 Å². The van der Waals surface area contributed by atoms with Crippen LogP contribution in [0.3, 0.4) is 0 Å². The van der Waals surface area contributed by atoms with Gasteiger partial charge in [-0.3, -0.25) is 9.69 Å². The summed E-state index contributed by atoms with van der Waals surface area (Å²) < 4.78 is 29.9. The summed E-state index contributed by atoms with van der Waals surface area (Å²) in [5.41, 5.74) is 6.20. The number of anilines is 1. The number of ether oxygens (including phenoxy) is 1. The third-order valence-electron chi connectivity index (χ3n) is 5.94. The molecule has 7 nitrogen and oxygen atoms in total. The molecular weight excluding hydrogens is 378 g/mol. The van der Waals surface area contributed by atoms with Gasteiger partial charge in [0.25, 0.3) is 5.91 Å². The number of nitrogens with zero attached hydrogens (tertiary/aromatic N) is 1. The van der Waals surface area contributed by atoms with Gasteiger partial charge in [0.15, 0.2) is 9.84 Å². The van der Waals surface area contributed by atoms with E-state index >= 15 is 0 Å². The Hall–Kier alpha value is -1.80. The van der Waals surface area contributed by atoms with E-state index < -0.39 is 9.84 Å². The minimum atomic E-state index is -3.53. The molecule has 2 aliphatic rings. The lowest BCUT2D eigenvalue weighted by Crippen LogP contribution is -2.40. The summed E-state index contributed by atoms with van der Waals surface area (Å²) in [5.74, 6) is -0.115. The Morgan fingerprint density at radius 3 is 2.61 bits per heavy atom. The number of methoxy groups -OCH3 is 1. The average Bonchev–Trinajstić information content (AvgIpc) is 3.16. The first-order valence-electron chi connectivity index (χ1n) is 10.1. The van der Waals surface area contributed by atoms with E-state index in [0.29, 0.717) is 6.04 Å². The molecule has 28 heavy (non-hydrogen) atoms. The maximum Gasteiger partial charge on any atom is 0.255 e. The Morgan fingerprint density at radius 1 is 1.25 bits per heavy atom. The molecule has 1 amide bonds. The van der Waals surface area contributed by atoms with Crippen LogP contribution in [0.4, 0.5) is 5.69 Å². The van der Waals surface area contributed by atoms with Gasteiger partial charge in [0.2, 0.25) is 0 Å². The van der Waals surface area contributed by atoms with Gasteiger partial charge in [-0.05, 0) is 25.3 Å². The highest BCUT2D eigenvalue weighted by Gasteiger charge is 2.31. The zero-order valence-corrected chi connectivity index (χ0v) is 17.6. The molecule has 0 bridgehead atoms. The van der Waals surface area contributed by atoms with Crippen molar-refractivity contribution in [2.75, 3.05) is 31.7 Å². The van der Waals surface area contributed by atoms with Crippen molar-refractivity contribution in [3.63, 3.8) is 0 Å². The Bertz CT molecular complexity index is 819. The predicted molar refractivity (Wildman–Crippen MR) is 109 cm³/mol. The summed E-state index contributed by atoms with van der Waals surface area (Å²) in [7, 11) is -2.08. The standard InChI is InChI=1S/C20H31N3O4S/c1-3-28(25,26)19-11-16(18(27-2)12-17(19)21)20(24)22-14-9-10-23(13-14)15-7-5-4-6-8-15/h11-12,14-15H,3-10,13,21H2,1-2H3,(H,22,24). The summed E-state index contributed by atoms with van der Waals surface area (Å²) in [5, 5.41) is 3.06. The number of likely N-dealkylation sites (tertiary alicyclic amines) is 1. The number of nitrogens with two attached hydrogens (primary N) is 1. The van der Waals surface area contributed by atoms with E-state index in [-0.39, 0.29) is 39.6 Å². The maximum absolute atomic E-state index is 12.9.